The maximum atomic E-state index is 12.4. The predicted molar refractivity (Wildman–Crippen MR) is 44.2 cm³/mol. The molecule has 0 aliphatic heterocycles. The molecule has 0 saturated carbocycles. The SMILES string of the molecule is C/C(=C\N)c1ccc(F)cc1. The molecule has 0 atom stereocenters. The van der Waals surface area contributed by atoms with Crippen LogP contribution in [0.25, 0.3) is 5.57 Å². The van der Waals surface area contributed by atoms with Crippen molar-refractivity contribution in [1.29, 1.82) is 0 Å². The second kappa shape index (κ2) is 3.19. The zero-order chi connectivity index (χ0) is 8.27. The van der Waals surface area contributed by atoms with Crippen molar-refractivity contribution in [3.05, 3.63) is 41.8 Å². The van der Waals surface area contributed by atoms with E-state index in [1.54, 1.807) is 12.1 Å². The standard InChI is InChI=1S/C9H10FN/c1-7(6-11)8-2-4-9(10)5-3-8/h2-6H,11H2,1H3/b7-6+. The first-order valence-corrected chi connectivity index (χ1v) is 3.38. The minimum atomic E-state index is -0.224. The van der Waals surface area contributed by atoms with Crippen LogP contribution < -0.4 is 5.73 Å². The van der Waals surface area contributed by atoms with Crippen LogP contribution in [0, 0.1) is 5.82 Å². The number of nitrogens with two attached hydrogens (primary N) is 1. The Hall–Kier alpha value is -1.31. The van der Waals surface area contributed by atoms with Gasteiger partial charge in [-0.1, -0.05) is 12.1 Å². The van der Waals surface area contributed by atoms with Gasteiger partial charge in [0, 0.05) is 0 Å². The molecule has 0 saturated heterocycles. The first kappa shape index (κ1) is 7.79. The van der Waals surface area contributed by atoms with E-state index in [0.717, 1.165) is 11.1 Å². The van der Waals surface area contributed by atoms with Crippen molar-refractivity contribution in [2.75, 3.05) is 0 Å². The van der Waals surface area contributed by atoms with Crippen LogP contribution in [0.15, 0.2) is 30.5 Å². The monoisotopic (exact) mass is 151 g/mol. The molecular weight excluding hydrogens is 141 g/mol. The molecule has 0 bridgehead atoms. The second-order valence-corrected chi connectivity index (χ2v) is 2.36. The van der Waals surface area contributed by atoms with Crippen molar-refractivity contribution in [1.82, 2.24) is 0 Å². The Morgan fingerprint density at radius 3 is 2.36 bits per heavy atom. The van der Waals surface area contributed by atoms with Crippen molar-refractivity contribution in [3.63, 3.8) is 0 Å². The molecule has 2 heteroatoms. The highest BCUT2D eigenvalue weighted by atomic mass is 19.1. The summed E-state index contributed by atoms with van der Waals surface area (Å²) in [6, 6.07) is 6.24. The highest BCUT2D eigenvalue weighted by Gasteiger charge is 1.93. The molecule has 1 rings (SSSR count). The number of halogens is 1. The molecular formula is C9H10FN. The van der Waals surface area contributed by atoms with E-state index in [-0.39, 0.29) is 5.82 Å². The van der Waals surface area contributed by atoms with E-state index in [1.807, 2.05) is 6.92 Å². The number of allylic oxidation sites excluding steroid dienone is 1. The van der Waals surface area contributed by atoms with Crippen LogP contribution in [0.4, 0.5) is 4.39 Å². The van der Waals surface area contributed by atoms with Gasteiger partial charge in [-0.15, -0.1) is 0 Å². The van der Waals surface area contributed by atoms with E-state index in [0.29, 0.717) is 0 Å². The van der Waals surface area contributed by atoms with Crippen molar-refractivity contribution in [3.8, 4) is 0 Å². The second-order valence-electron chi connectivity index (χ2n) is 2.36. The van der Waals surface area contributed by atoms with E-state index in [9.17, 15) is 4.39 Å². The van der Waals surface area contributed by atoms with Crippen LogP contribution >= 0.6 is 0 Å². The molecule has 2 N–H and O–H groups in total. The van der Waals surface area contributed by atoms with Crippen LogP contribution in [0.1, 0.15) is 12.5 Å². The number of hydrogen-bond donors (Lipinski definition) is 1. The van der Waals surface area contributed by atoms with E-state index >= 15 is 0 Å². The van der Waals surface area contributed by atoms with Gasteiger partial charge < -0.3 is 5.73 Å². The summed E-state index contributed by atoms with van der Waals surface area (Å²) in [7, 11) is 0. The summed E-state index contributed by atoms with van der Waals surface area (Å²) >= 11 is 0. The summed E-state index contributed by atoms with van der Waals surface area (Å²) in [6.45, 7) is 1.88. The lowest BCUT2D eigenvalue weighted by atomic mass is 10.1. The van der Waals surface area contributed by atoms with Gasteiger partial charge in [0.05, 0.1) is 0 Å². The van der Waals surface area contributed by atoms with Gasteiger partial charge in [-0.05, 0) is 36.4 Å². The van der Waals surface area contributed by atoms with Gasteiger partial charge in [-0.3, -0.25) is 0 Å². The summed E-state index contributed by atoms with van der Waals surface area (Å²) < 4.78 is 12.4. The highest BCUT2D eigenvalue weighted by Crippen LogP contribution is 2.12. The van der Waals surface area contributed by atoms with E-state index < -0.39 is 0 Å². The Morgan fingerprint density at radius 1 is 1.36 bits per heavy atom. The summed E-state index contributed by atoms with van der Waals surface area (Å²) in [6.07, 6.45) is 1.51. The smallest absolute Gasteiger partial charge is 0.123 e. The Morgan fingerprint density at radius 2 is 1.91 bits per heavy atom. The molecule has 0 fully saturated rings. The molecule has 1 aromatic rings. The molecule has 1 nitrogen and oxygen atoms in total. The molecule has 1 aromatic carbocycles. The van der Waals surface area contributed by atoms with Crippen LogP contribution in [0.2, 0.25) is 0 Å². The lowest BCUT2D eigenvalue weighted by Gasteiger charge is -1.98. The zero-order valence-electron chi connectivity index (χ0n) is 6.34. The Balaban J connectivity index is 2.99. The van der Waals surface area contributed by atoms with Gasteiger partial charge in [-0.2, -0.15) is 0 Å². The molecule has 0 aliphatic carbocycles. The lowest BCUT2D eigenvalue weighted by Crippen LogP contribution is -1.85. The van der Waals surface area contributed by atoms with Gasteiger partial charge in [0.15, 0.2) is 0 Å². The van der Waals surface area contributed by atoms with E-state index in [4.69, 9.17) is 5.73 Å². The number of rotatable bonds is 1. The number of benzene rings is 1. The maximum Gasteiger partial charge on any atom is 0.123 e. The third-order valence-corrected chi connectivity index (χ3v) is 1.55. The third-order valence-electron chi connectivity index (χ3n) is 1.55. The fourth-order valence-corrected chi connectivity index (χ4v) is 0.809. The average molecular weight is 151 g/mol. The molecule has 0 amide bonds. The van der Waals surface area contributed by atoms with Crippen LogP contribution in [0.3, 0.4) is 0 Å². The summed E-state index contributed by atoms with van der Waals surface area (Å²) in [5, 5.41) is 0. The topological polar surface area (TPSA) is 26.0 Å². The molecule has 0 unspecified atom stereocenters. The fraction of sp³-hybridized carbons (Fsp3) is 0.111. The molecule has 0 radical (unpaired) electrons. The normalized spacial score (nSPS) is 11.6. The Bertz CT molecular complexity index is 261. The van der Waals surface area contributed by atoms with Crippen molar-refractivity contribution >= 4 is 5.57 Å². The molecule has 11 heavy (non-hydrogen) atoms. The number of hydrogen-bond acceptors (Lipinski definition) is 1. The van der Waals surface area contributed by atoms with Crippen LogP contribution in [0.5, 0.6) is 0 Å². The minimum Gasteiger partial charge on any atom is -0.404 e. The largest absolute Gasteiger partial charge is 0.404 e. The first-order chi connectivity index (χ1) is 5.24. The average Bonchev–Trinajstić information content (AvgIpc) is 2.05. The lowest BCUT2D eigenvalue weighted by molar-refractivity contribution is 0.627. The van der Waals surface area contributed by atoms with Gasteiger partial charge in [-0.25, -0.2) is 4.39 Å². The van der Waals surface area contributed by atoms with Gasteiger partial charge in [0.25, 0.3) is 0 Å². The first-order valence-electron chi connectivity index (χ1n) is 3.38. The van der Waals surface area contributed by atoms with Crippen molar-refractivity contribution < 1.29 is 4.39 Å². The summed E-state index contributed by atoms with van der Waals surface area (Å²) in [4.78, 5) is 0. The predicted octanol–water partition coefficient (Wildman–Crippen LogP) is 2.15. The van der Waals surface area contributed by atoms with E-state index in [1.165, 1.54) is 18.3 Å². The minimum absolute atomic E-state index is 0.224. The maximum absolute atomic E-state index is 12.4. The van der Waals surface area contributed by atoms with Crippen molar-refractivity contribution in [2.24, 2.45) is 5.73 Å². The van der Waals surface area contributed by atoms with Crippen molar-refractivity contribution in [2.45, 2.75) is 6.92 Å². The quantitative estimate of drug-likeness (QED) is 0.653. The Labute approximate surface area is 65.3 Å². The summed E-state index contributed by atoms with van der Waals surface area (Å²) in [5.74, 6) is -0.224. The highest BCUT2D eigenvalue weighted by molar-refractivity contribution is 5.62. The molecule has 0 aliphatic rings. The van der Waals surface area contributed by atoms with Gasteiger partial charge >= 0.3 is 0 Å². The Kier molecular flexibility index (Phi) is 2.26. The zero-order valence-corrected chi connectivity index (χ0v) is 6.34. The molecule has 0 heterocycles. The molecule has 58 valence electrons. The van der Waals surface area contributed by atoms with Gasteiger partial charge in [0.2, 0.25) is 0 Å². The van der Waals surface area contributed by atoms with Crippen LogP contribution in [-0.4, -0.2) is 0 Å². The van der Waals surface area contributed by atoms with Crippen LogP contribution in [-0.2, 0) is 0 Å². The van der Waals surface area contributed by atoms with E-state index in [2.05, 4.69) is 0 Å². The fourth-order valence-electron chi connectivity index (χ4n) is 0.809. The van der Waals surface area contributed by atoms with Gasteiger partial charge in [0.1, 0.15) is 5.82 Å². The summed E-state index contributed by atoms with van der Waals surface area (Å²) in [5.41, 5.74) is 7.19. The third kappa shape index (κ3) is 1.80. The molecule has 0 aromatic heterocycles. The molecule has 0 spiro atoms.